The van der Waals surface area contributed by atoms with Gasteiger partial charge in [-0.1, -0.05) is 11.2 Å². The maximum atomic E-state index is 6.00. The highest BCUT2D eigenvalue weighted by Crippen LogP contribution is 2.36. The van der Waals surface area contributed by atoms with Gasteiger partial charge in [0.25, 0.3) is 0 Å². The van der Waals surface area contributed by atoms with E-state index in [0.717, 1.165) is 16.4 Å². The molecule has 1 aliphatic rings. The molecule has 0 N–H and O–H groups in total. The molecule has 5 heteroatoms. The van der Waals surface area contributed by atoms with Crippen LogP contribution in [0.2, 0.25) is 0 Å². The first-order valence-electron chi connectivity index (χ1n) is 6.09. The number of rotatable bonds is 1. The fourth-order valence-electron chi connectivity index (χ4n) is 2.02. The van der Waals surface area contributed by atoms with Gasteiger partial charge in [-0.2, -0.15) is 0 Å². The van der Waals surface area contributed by atoms with Crippen LogP contribution in [0.15, 0.2) is 28.9 Å². The maximum Gasteiger partial charge on any atom is 0.494 e. The average molecular weight is 245 g/mol. The van der Waals surface area contributed by atoms with Crippen molar-refractivity contribution in [1.82, 2.24) is 5.16 Å². The Kier molecular flexibility index (Phi) is 2.34. The third-order valence-corrected chi connectivity index (χ3v) is 3.90. The summed E-state index contributed by atoms with van der Waals surface area (Å²) in [7, 11) is -0.339. The predicted octanol–water partition coefficient (Wildman–Crippen LogP) is 2.13. The van der Waals surface area contributed by atoms with Crippen molar-refractivity contribution in [2.45, 2.75) is 38.9 Å². The topological polar surface area (TPSA) is 44.5 Å². The van der Waals surface area contributed by atoms with Gasteiger partial charge in [-0.05, 0) is 45.3 Å². The highest BCUT2D eigenvalue weighted by atomic mass is 16.7. The van der Waals surface area contributed by atoms with Gasteiger partial charge in [0.1, 0.15) is 0 Å². The summed E-state index contributed by atoms with van der Waals surface area (Å²) in [5.41, 5.74) is 1.13. The first kappa shape index (κ1) is 11.7. The molecule has 0 aliphatic carbocycles. The molecule has 0 atom stereocenters. The standard InChI is InChI=1S/C13H16BNO3/c1-12(2)13(3,4)18-14(17-12)10-5-6-11-9(7-10)8-15-16-11/h5-8H,1-4H3. The molecule has 1 aromatic heterocycles. The zero-order valence-electron chi connectivity index (χ0n) is 11.1. The molecular formula is C13H16BNO3. The summed E-state index contributed by atoms with van der Waals surface area (Å²) in [6, 6.07) is 5.84. The molecule has 1 aromatic carbocycles. The molecule has 0 bridgehead atoms. The van der Waals surface area contributed by atoms with Crippen LogP contribution < -0.4 is 5.46 Å². The fourth-order valence-corrected chi connectivity index (χ4v) is 2.02. The number of fused-ring (bicyclic) bond motifs is 1. The van der Waals surface area contributed by atoms with Crippen molar-refractivity contribution in [3.63, 3.8) is 0 Å². The molecule has 3 rings (SSSR count). The van der Waals surface area contributed by atoms with E-state index in [4.69, 9.17) is 13.8 Å². The first-order chi connectivity index (χ1) is 8.39. The SMILES string of the molecule is CC1(C)OB(c2ccc3oncc3c2)OC1(C)C. The Labute approximate surface area is 106 Å². The molecule has 1 saturated heterocycles. The van der Waals surface area contributed by atoms with E-state index in [1.807, 2.05) is 45.9 Å². The zero-order chi connectivity index (χ0) is 13.0. The van der Waals surface area contributed by atoms with Crippen molar-refractivity contribution < 1.29 is 13.8 Å². The number of aromatic nitrogens is 1. The molecule has 1 fully saturated rings. The van der Waals surface area contributed by atoms with Crippen LogP contribution in [0.25, 0.3) is 11.0 Å². The molecule has 4 nitrogen and oxygen atoms in total. The van der Waals surface area contributed by atoms with Gasteiger partial charge >= 0.3 is 7.12 Å². The van der Waals surface area contributed by atoms with Gasteiger partial charge in [-0.3, -0.25) is 0 Å². The molecule has 18 heavy (non-hydrogen) atoms. The predicted molar refractivity (Wildman–Crippen MR) is 69.7 cm³/mol. The maximum absolute atomic E-state index is 6.00. The fraction of sp³-hybridized carbons (Fsp3) is 0.462. The van der Waals surface area contributed by atoms with Crippen LogP contribution in [-0.2, 0) is 9.31 Å². The van der Waals surface area contributed by atoms with E-state index in [9.17, 15) is 0 Å². The van der Waals surface area contributed by atoms with Crippen molar-refractivity contribution in [2.75, 3.05) is 0 Å². The van der Waals surface area contributed by atoms with Crippen LogP contribution in [-0.4, -0.2) is 23.5 Å². The Morgan fingerprint density at radius 1 is 1.06 bits per heavy atom. The second-order valence-electron chi connectivity index (χ2n) is 5.71. The van der Waals surface area contributed by atoms with E-state index >= 15 is 0 Å². The van der Waals surface area contributed by atoms with E-state index in [1.54, 1.807) is 6.20 Å². The lowest BCUT2D eigenvalue weighted by atomic mass is 9.79. The van der Waals surface area contributed by atoms with Crippen molar-refractivity contribution in [3.8, 4) is 0 Å². The summed E-state index contributed by atoms with van der Waals surface area (Å²) in [5, 5.41) is 4.73. The third-order valence-electron chi connectivity index (χ3n) is 3.90. The van der Waals surface area contributed by atoms with Crippen molar-refractivity contribution in [2.24, 2.45) is 0 Å². The Bertz CT molecular complexity index is 575. The third kappa shape index (κ3) is 1.66. The molecule has 1 aliphatic heterocycles. The van der Waals surface area contributed by atoms with Crippen LogP contribution >= 0.6 is 0 Å². The van der Waals surface area contributed by atoms with E-state index < -0.39 is 0 Å². The second-order valence-corrected chi connectivity index (χ2v) is 5.71. The Morgan fingerprint density at radius 2 is 1.72 bits per heavy atom. The largest absolute Gasteiger partial charge is 0.494 e. The lowest BCUT2D eigenvalue weighted by Gasteiger charge is -2.32. The summed E-state index contributed by atoms with van der Waals surface area (Å²) in [4.78, 5) is 0. The van der Waals surface area contributed by atoms with Gasteiger partial charge in [0.05, 0.1) is 17.4 Å². The molecule has 2 heterocycles. The lowest BCUT2D eigenvalue weighted by Crippen LogP contribution is -2.41. The van der Waals surface area contributed by atoms with Gasteiger partial charge in [0.2, 0.25) is 0 Å². The minimum atomic E-state index is -0.339. The molecule has 0 spiro atoms. The molecule has 0 radical (unpaired) electrons. The van der Waals surface area contributed by atoms with Crippen molar-refractivity contribution >= 4 is 23.6 Å². The van der Waals surface area contributed by atoms with Gasteiger partial charge in [-0.25, -0.2) is 0 Å². The summed E-state index contributed by atoms with van der Waals surface area (Å²) in [6.45, 7) is 8.19. The van der Waals surface area contributed by atoms with Crippen LogP contribution in [0.3, 0.4) is 0 Å². The number of nitrogens with zero attached hydrogens (tertiary/aromatic N) is 1. The second kappa shape index (κ2) is 3.59. The Balaban J connectivity index is 1.96. The molecular weight excluding hydrogens is 229 g/mol. The van der Waals surface area contributed by atoms with Crippen molar-refractivity contribution in [1.29, 1.82) is 0 Å². The average Bonchev–Trinajstić information content (AvgIpc) is 2.80. The Morgan fingerprint density at radius 3 is 2.39 bits per heavy atom. The lowest BCUT2D eigenvalue weighted by molar-refractivity contribution is 0.00578. The van der Waals surface area contributed by atoms with Gasteiger partial charge in [0.15, 0.2) is 5.58 Å². The van der Waals surface area contributed by atoms with E-state index in [1.165, 1.54) is 0 Å². The van der Waals surface area contributed by atoms with E-state index in [-0.39, 0.29) is 18.3 Å². The van der Waals surface area contributed by atoms with E-state index in [2.05, 4.69) is 5.16 Å². The van der Waals surface area contributed by atoms with Crippen LogP contribution in [0.4, 0.5) is 0 Å². The smallest absolute Gasteiger partial charge is 0.399 e. The quantitative estimate of drug-likeness (QED) is 0.722. The monoisotopic (exact) mass is 245 g/mol. The zero-order valence-corrected chi connectivity index (χ0v) is 11.1. The number of hydrogen-bond acceptors (Lipinski definition) is 4. The number of hydrogen-bond donors (Lipinski definition) is 0. The van der Waals surface area contributed by atoms with Gasteiger partial charge in [-0.15, -0.1) is 0 Å². The highest BCUT2D eigenvalue weighted by Gasteiger charge is 2.51. The first-order valence-corrected chi connectivity index (χ1v) is 6.09. The van der Waals surface area contributed by atoms with Gasteiger partial charge in [0, 0.05) is 5.39 Å². The van der Waals surface area contributed by atoms with Crippen molar-refractivity contribution in [3.05, 3.63) is 24.4 Å². The van der Waals surface area contributed by atoms with E-state index in [0.29, 0.717) is 0 Å². The summed E-state index contributed by atoms with van der Waals surface area (Å²) in [5.74, 6) is 0. The normalized spacial score (nSPS) is 21.7. The molecule has 0 unspecified atom stereocenters. The Hall–Kier alpha value is -1.33. The summed E-state index contributed by atoms with van der Waals surface area (Å²) in [6.07, 6.45) is 1.70. The molecule has 0 saturated carbocycles. The van der Waals surface area contributed by atoms with Crippen LogP contribution in [0.1, 0.15) is 27.7 Å². The summed E-state index contributed by atoms with van der Waals surface area (Å²) < 4.78 is 17.1. The minimum Gasteiger partial charge on any atom is -0.399 e. The van der Waals surface area contributed by atoms with Crippen LogP contribution in [0.5, 0.6) is 0 Å². The molecule has 94 valence electrons. The summed E-state index contributed by atoms with van der Waals surface area (Å²) >= 11 is 0. The van der Waals surface area contributed by atoms with Crippen LogP contribution in [0, 0.1) is 0 Å². The highest BCUT2D eigenvalue weighted by molar-refractivity contribution is 6.62. The number of benzene rings is 1. The molecule has 2 aromatic rings. The molecule has 0 amide bonds. The van der Waals surface area contributed by atoms with Gasteiger partial charge < -0.3 is 13.8 Å². The minimum absolute atomic E-state index is 0.318.